The van der Waals surface area contributed by atoms with E-state index in [-0.39, 0.29) is 17.4 Å². The van der Waals surface area contributed by atoms with Gasteiger partial charge in [-0.15, -0.1) is 11.8 Å². The normalized spacial score (nSPS) is 19.9. The van der Waals surface area contributed by atoms with Gasteiger partial charge >= 0.3 is 0 Å². The van der Waals surface area contributed by atoms with Gasteiger partial charge in [0, 0.05) is 35.5 Å². The molecule has 4 rings (SSSR count). The van der Waals surface area contributed by atoms with Crippen LogP contribution in [-0.2, 0) is 10.2 Å². The highest BCUT2D eigenvalue weighted by Gasteiger charge is 2.53. The molecule has 0 aliphatic carbocycles. The summed E-state index contributed by atoms with van der Waals surface area (Å²) >= 11 is 1.43. The first-order valence-corrected chi connectivity index (χ1v) is 12.9. The minimum absolute atomic E-state index is 0.0981. The van der Waals surface area contributed by atoms with E-state index in [1.165, 1.54) is 23.9 Å². The number of nitrogens with two attached hydrogens (primary N) is 1. The summed E-state index contributed by atoms with van der Waals surface area (Å²) in [4.78, 5) is 13.9. The fraction of sp³-hybridized carbons (Fsp3) is 0.321. The van der Waals surface area contributed by atoms with Gasteiger partial charge in [-0.25, -0.2) is 8.78 Å². The summed E-state index contributed by atoms with van der Waals surface area (Å²) in [5, 5.41) is 19.7. The topological polar surface area (TPSA) is 83.6 Å². The average Bonchev–Trinajstić information content (AvgIpc) is 3.21. The highest BCUT2D eigenvalue weighted by atomic mass is 32.2. The summed E-state index contributed by atoms with van der Waals surface area (Å²) in [6.07, 6.45) is 1.61. The van der Waals surface area contributed by atoms with Crippen molar-refractivity contribution in [3.8, 4) is 11.5 Å². The number of primary amides is 1. The molecule has 0 saturated carbocycles. The van der Waals surface area contributed by atoms with Crippen LogP contribution in [0.4, 0.5) is 8.78 Å². The van der Waals surface area contributed by atoms with E-state index in [0.717, 1.165) is 42.2 Å². The maximum absolute atomic E-state index is 13.5. The molecule has 1 aliphatic heterocycles. The Bertz CT molecular complexity index is 1150. The van der Waals surface area contributed by atoms with Crippen LogP contribution in [0.5, 0.6) is 11.5 Å². The number of rotatable bonds is 9. The summed E-state index contributed by atoms with van der Waals surface area (Å²) in [7, 11) is 2.16. The second-order valence-electron chi connectivity index (χ2n) is 9.81. The third kappa shape index (κ3) is 5.34. The first-order valence-electron chi connectivity index (χ1n) is 11.9. The van der Waals surface area contributed by atoms with Crippen molar-refractivity contribution in [2.45, 2.75) is 23.2 Å². The molecule has 2 atom stereocenters. The maximum Gasteiger partial charge on any atom is 0.233 e. The molecule has 1 unspecified atom stereocenters. The van der Waals surface area contributed by atoms with Gasteiger partial charge < -0.3 is 20.4 Å². The molecule has 0 bridgehead atoms. The molecule has 190 valence electrons. The van der Waals surface area contributed by atoms with Crippen LogP contribution in [0.15, 0.2) is 71.6 Å². The molecule has 4 N–H and O–H groups in total. The number of hydrogen-bond donors (Lipinski definition) is 3. The van der Waals surface area contributed by atoms with Crippen LogP contribution in [0.1, 0.15) is 24.0 Å². The minimum Gasteiger partial charge on any atom is -0.508 e. The smallest absolute Gasteiger partial charge is 0.233 e. The summed E-state index contributed by atoms with van der Waals surface area (Å²) in [6, 6.07) is 16.7. The third-order valence-electron chi connectivity index (χ3n) is 7.27. The van der Waals surface area contributed by atoms with Gasteiger partial charge in [-0.3, -0.25) is 4.79 Å². The largest absolute Gasteiger partial charge is 0.508 e. The molecule has 3 aromatic carbocycles. The molecule has 0 spiro atoms. The van der Waals surface area contributed by atoms with E-state index in [1.54, 1.807) is 48.5 Å². The van der Waals surface area contributed by atoms with Crippen LogP contribution >= 0.6 is 11.8 Å². The molecule has 1 saturated heterocycles. The van der Waals surface area contributed by atoms with Crippen LogP contribution in [0.3, 0.4) is 0 Å². The zero-order valence-electron chi connectivity index (χ0n) is 20.2. The number of halogens is 2. The second-order valence-corrected chi connectivity index (χ2v) is 11.0. The number of amides is 1. The van der Waals surface area contributed by atoms with E-state index in [9.17, 15) is 23.8 Å². The van der Waals surface area contributed by atoms with E-state index in [4.69, 9.17) is 5.73 Å². The van der Waals surface area contributed by atoms with E-state index in [0.29, 0.717) is 22.6 Å². The van der Waals surface area contributed by atoms with Gasteiger partial charge in [-0.1, -0.05) is 24.3 Å². The number of carbonyl (C=O) groups is 1. The zero-order chi connectivity index (χ0) is 25.9. The predicted octanol–water partition coefficient (Wildman–Crippen LogP) is 4.80. The van der Waals surface area contributed by atoms with Gasteiger partial charge in [-0.05, 0) is 47.5 Å². The van der Waals surface area contributed by atoms with Crippen molar-refractivity contribution < 1.29 is 28.3 Å². The van der Waals surface area contributed by atoms with Crippen molar-refractivity contribution in [2.75, 3.05) is 32.4 Å². The Balaban J connectivity index is 1.55. The van der Waals surface area contributed by atoms with Crippen LogP contribution in [-0.4, -0.2) is 53.0 Å². The second kappa shape index (κ2) is 10.5. The van der Waals surface area contributed by atoms with Gasteiger partial charge in [0.25, 0.3) is 0 Å². The Labute approximate surface area is 214 Å². The van der Waals surface area contributed by atoms with Gasteiger partial charge in [-0.2, -0.15) is 0 Å². The summed E-state index contributed by atoms with van der Waals surface area (Å²) in [5.41, 5.74) is 6.45. The highest BCUT2D eigenvalue weighted by molar-refractivity contribution is 7.99. The number of nitrogens with zero attached hydrogens (tertiary/aromatic N) is 1. The lowest BCUT2D eigenvalue weighted by atomic mass is 9.64. The van der Waals surface area contributed by atoms with Gasteiger partial charge in [0.1, 0.15) is 28.5 Å². The number of benzene rings is 3. The lowest BCUT2D eigenvalue weighted by molar-refractivity contribution is -0.899. The first kappa shape index (κ1) is 26.0. The number of carbonyl (C=O) groups excluding carboxylic acids is 1. The summed E-state index contributed by atoms with van der Waals surface area (Å²) in [6.45, 7) is 2.42. The van der Waals surface area contributed by atoms with E-state index >= 15 is 0 Å². The molecule has 1 amide bonds. The fourth-order valence-corrected chi connectivity index (χ4v) is 6.46. The maximum atomic E-state index is 13.5. The molecule has 0 aromatic heterocycles. The molecule has 36 heavy (non-hydrogen) atoms. The highest BCUT2D eigenvalue weighted by Crippen LogP contribution is 2.45. The van der Waals surface area contributed by atoms with E-state index in [1.807, 2.05) is 0 Å². The van der Waals surface area contributed by atoms with Crippen LogP contribution < -0.4 is 5.73 Å². The minimum atomic E-state index is -1.12. The standard InChI is InChI=1S/C28H30F2N2O3S/c1-32(12-2-14-36-26-16-22(29)15-23(30)17-26)13-11-21(18-32)28(27(31)35,19-3-7-24(33)8-4-19)20-5-9-25(34)10-6-20/h3-10,15-17,21H,2,11-14,18H2,1H3,(H3-,31,33,34,35)/p+1/t21?,32-/m1/s1. The number of aromatic hydroxyl groups is 2. The van der Waals surface area contributed by atoms with Crippen molar-refractivity contribution in [1.29, 1.82) is 0 Å². The first-order chi connectivity index (χ1) is 17.1. The molecule has 1 heterocycles. The lowest BCUT2D eigenvalue weighted by Gasteiger charge is -2.38. The van der Waals surface area contributed by atoms with Gasteiger partial charge in [0.15, 0.2) is 0 Å². The van der Waals surface area contributed by atoms with Crippen molar-refractivity contribution in [3.63, 3.8) is 0 Å². The Kier molecular flexibility index (Phi) is 7.57. The van der Waals surface area contributed by atoms with Crippen LogP contribution in [0.25, 0.3) is 0 Å². The van der Waals surface area contributed by atoms with Crippen molar-refractivity contribution in [2.24, 2.45) is 11.7 Å². The van der Waals surface area contributed by atoms with Gasteiger partial charge in [0.2, 0.25) is 5.91 Å². The summed E-state index contributed by atoms with van der Waals surface area (Å²) < 4.78 is 27.7. The summed E-state index contributed by atoms with van der Waals surface area (Å²) in [5.74, 6) is -0.801. The average molecular weight is 514 g/mol. The Morgan fingerprint density at radius 1 is 1.00 bits per heavy atom. The Morgan fingerprint density at radius 2 is 1.53 bits per heavy atom. The number of hydrogen-bond acceptors (Lipinski definition) is 4. The van der Waals surface area contributed by atoms with Crippen LogP contribution in [0, 0.1) is 17.6 Å². The van der Waals surface area contributed by atoms with Gasteiger partial charge in [0.05, 0.1) is 26.7 Å². The zero-order valence-corrected chi connectivity index (χ0v) is 21.0. The molecule has 3 aromatic rings. The molecule has 0 radical (unpaired) electrons. The Morgan fingerprint density at radius 3 is 2.03 bits per heavy atom. The van der Waals surface area contributed by atoms with E-state index < -0.39 is 23.0 Å². The van der Waals surface area contributed by atoms with Crippen molar-refractivity contribution in [3.05, 3.63) is 89.5 Å². The molecular weight excluding hydrogens is 482 g/mol. The van der Waals surface area contributed by atoms with Crippen molar-refractivity contribution >= 4 is 17.7 Å². The number of quaternary nitrogens is 1. The molecular formula is C28H31F2N2O3S+. The SMILES string of the molecule is C[N@@+]1(CCCSc2cc(F)cc(F)c2)CCC(C(C(N)=O)(c2ccc(O)cc2)c2ccc(O)cc2)C1. The van der Waals surface area contributed by atoms with E-state index in [2.05, 4.69) is 7.05 Å². The number of thioether (sulfide) groups is 1. The molecule has 5 nitrogen and oxygen atoms in total. The Hall–Kier alpha value is -3.10. The number of phenolic OH excluding ortho intramolecular Hbond substituents is 2. The fourth-order valence-electron chi connectivity index (χ4n) is 5.56. The third-order valence-corrected chi connectivity index (χ3v) is 8.33. The lowest BCUT2D eigenvalue weighted by Crippen LogP contribution is -2.51. The molecule has 8 heteroatoms. The van der Waals surface area contributed by atoms with Crippen molar-refractivity contribution in [1.82, 2.24) is 0 Å². The molecule has 1 fully saturated rings. The molecule has 1 aliphatic rings. The number of likely N-dealkylation sites (tertiary alicyclic amines) is 1. The van der Waals surface area contributed by atoms with Crippen LogP contribution in [0.2, 0.25) is 0 Å². The quantitative estimate of drug-likeness (QED) is 0.218. The predicted molar refractivity (Wildman–Crippen MR) is 137 cm³/mol. The monoisotopic (exact) mass is 513 g/mol. The number of phenols is 2.